The van der Waals surface area contributed by atoms with Gasteiger partial charge in [-0.1, -0.05) is 64.5 Å². The Labute approximate surface area is 131 Å². The molecule has 104 valence electrons. The zero-order valence-electron chi connectivity index (χ0n) is 11.3. The summed E-state index contributed by atoms with van der Waals surface area (Å²) >= 11 is 3.38. The van der Waals surface area contributed by atoms with Crippen LogP contribution in [-0.2, 0) is 6.54 Å². The quantitative estimate of drug-likeness (QED) is 0.746. The number of rotatable bonds is 3. The Kier molecular flexibility index (Phi) is 4.02. The summed E-state index contributed by atoms with van der Waals surface area (Å²) in [7, 11) is 0. The van der Waals surface area contributed by atoms with E-state index in [0.717, 1.165) is 10.0 Å². The average molecular weight is 340 g/mol. The van der Waals surface area contributed by atoms with Gasteiger partial charge in [0.2, 0.25) is 0 Å². The van der Waals surface area contributed by atoms with E-state index < -0.39 is 0 Å². The second-order valence-electron chi connectivity index (χ2n) is 4.83. The minimum Gasteiger partial charge on any atom is -0.348 e. The molecule has 2 nitrogen and oxygen atoms in total. The normalized spacial score (nSPS) is 10.5. The molecule has 1 N–H and O–H groups in total. The summed E-state index contributed by atoms with van der Waals surface area (Å²) in [6.07, 6.45) is 0. The summed E-state index contributed by atoms with van der Waals surface area (Å²) in [5.74, 6) is -0.0655. The Morgan fingerprint density at radius 1 is 0.952 bits per heavy atom. The van der Waals surface area contributed by atoms with Crippen molar-refractivity contribution in [3.63, 3.8) is 0 Å². The predicted octanol–water partition coefficient (Wildman–Crippen LogP) is 4.53. The van der Waals surface area contributed by atoms with Gasteiger partial charge in [0, 0.05) is 16.6 Å². The first-order valence-electron chi connectivity index (χ1n) is 6.74. The van der Waals surface area contributed by atoms with Crippen LogP contribution in [0.5, 0.6) is 0 Å². The molecule has 0 radical (unpaired) electrons. The third kappa shape index (κ3) is 3.14. The van der Waals surface area contributed by atoms with E-state index in [-0.39, 0.29) is 5.91 Å². The highest BCUT2D eigenvalue weighted by atomic mass is 79.9. The second-order valence-corrected chi connectivity index (χ2v) is 5.75. The fourth-order valence-corrected chi connectivity index (χ4v) is 2.75. The van der Waals surface area contributed by atoms with E-state index in [2.05, 4.69) is 39.4 Å². The van der Waals surface area contributed by atoms with Crippen molar-refractivity contribution in [1.29, 1.82) is 0 Å². The zero-order valence-corrected chi connectivity index (χ0v) is 12.9. The van der Waals surface area contributed by atoms with Crippen LogP contribution in [0.25, 0.3) is 10.8 Å². The molecule has 3 aromatic carbocycles. The molecule has 0 aromatic heterocycles. The summed E-state index contributed by atoms with van der Waals surface area (Å²) in [5, 5.41) is 5.34. The Morgan fingerprint density at radius 3 is 2.57 bits per heavy atom. The molecule has 3 heteroatoms. The highest BCUT2D eigenvalue weighted by molar-refractivity contribution is 9.10. The molecule has 0 saturated carbocycles. The minimum atomic E-state index is -0.0655. The maximum absolute atomic E-state index is 12.2. The highest BCUT2D eigenvalue weighted by Crippen LogP contribution is 2.18. The van der Waals surface area contributed by atoms with Crippen LogP contribution in [-0.4, -0.2) is 5.91 Å². The molecule has 0 atom stereocenters. The predicted molar refractivity (Wildman–Crippen MR) is 89.3 cm³/mol. The van der Waals surface area contributed by atoms with Crippen LogP contribution in [0.3, 0.4) is 0 Å². The van der Waals surface area contributed by atoms with Crippen molar-refractivity contribution in [3.8, 4) is 0 Å². The molecule has 3 aromatic rings. The van der Waals surface area contributed by atoms with E-state index in [1.807, 2.05) is 48.5 Å². The highest BCUT2D eigenvalue weighted by Gasteiger charge is 2.06. The standard InChI is InChI=1S/C18H14BrNO/c19-16-9-4-7-14(11-16)18(21)20-12-15-8-3-6-13-5-1-2-10-17(13)15/h1-11H,12H2,(H,20,21). The molecular formula is C18H14BrNO. The zero-order chi connectivity index (χ0) is 14.7. The third-order valence-corrected chi connectivity index (χ3v) is 3.90. The summed E-state index contributed by atoms with van der Waals surface area (Å²) in [4.78, 5) is 12.2. The Morgan fingerprint density at radius 2 is 1.71 bits per heavy atom. The van der Waals surface area contributed by atoms with Crippen molar-refractivity contribution in [2.75, 3.05) is 0 Å². The molecule has 0 aliphatic heterocycles. The summed E-state index contributed by atoms with van der Waals surface area (Å²) < 4.78 is 0.903. The molecule has 0 spiro atoms. The van der Waals surface area contributed by atoms with E-state index in [1.54, 1.807) is 0 Å². The minimum absolute atomic E-state index is 0.0655. The van der Waals surface area contributed by atoms with Gasteiger partial charge in [-0.3, -0.25) is 4.79 Å². The molecule has 0 heterocycles. The van der Waals surface area contributed by atoms with E-state index in [9.17, 15) is 4.79 Å². The van der Waals surface area contributed by atoms with Gasteiger partial charge in [0.25, 0.3) is 5.91 Å². The molecule has 0 aliphatic carbocycles. The number of hydrogen-bond acceptors (Lipinski definition) is 1. The molecule has 0 saturated heterocycles. The van der Waals surface area contributed by atoms with Crippen LogP contribution < -0.4 is 5.32 Å². The van der Waals surface area contributed by atoms with Crippen LogP contribution in [0.4, 0.5) is 0 Å². The lowest BCUT2D eigenvalue weighted by Crippen LogP contribution is -2.22. The number of amides is 1. The fraction of sp³-hybridized carbons (Fsp3) is 0.0556. The van der Waals surface area contributed by atoms with E-state index in [0.29, 0.717) is 12.1 Å². The number of carbonyl (C=O) groups excluding carboxylic acids is 1. The lowest BCUT2D eigenvalue weighted by atomic mass is 10.0. The molecule has 0 bridgehead atoms. The number of fused-ring (bicyclic) bond motifs is 1. The number of benzene rings is 3. The largest absolute Gasteiger partial charge is 0.348 e. The van der Waals surface area contributed by atoms with Crippen molar-refractivity contribution in [2.24, 2.45) is 0 Å². The smallest absolute Gasteiger partial charge is 0.251 e. The van der Waals surface area contributed by atoms with Gasteiger partial charge in [-0.2, -0.15) is 0 Å². The van der Waals surface area contributed by atoms with E-state index in [1.165, 1.54) is 10.8 Å². The van der Waals surface area contributed by atoms with Crippen molar-refractivity contribution in [2.45, 2.75) is 6.54 Å². The first kappa shape index (κ1) is 13.8. The second kappa shape index (κ2) is 6.10. The maximum atomic E-state index is 12.2. The van der Waals surface area contributed by atoms with Gasteiger partial charge in [-0.15, -0.1) is 0 Å². The van der Waals surface area contributed by atoms with Crippen molar-refractivity contribution < 1.29 is 4.79 Å². The Balaban J connectivity index is 1.79. The average Bonchev–Trinajstić information content (AvgIpc) is 2.52. The molecular weight excluding hydrogens is 326 g/mol. The van der Waals surface area contributed by atoms with Gasteiger partial charge < -0.3 is 5.32 Å². The molecule has 0 unspecified atom stereocenters. The lowest BCUT2D eigenvalue weighted by Gasteiger charge is -2.08. The monoisotopic (exact) mass is 339 g/mol. The lowest BCUT2D eigenvalue weighted by molar-refractivity contribution is 0.0951. The van der Waals surface area contributed by atoms with Crippen LogP contribution in [0.1, 0.15) is 15.9 Å². The Bertz CT molecular complexity index is 793. The molecule has 3 rings (SSSR count). The Hall–Kier alpha value is -2.13. The molecule has 21 heavy (non-hydrogen) atoms. The van der Waals surface area contributed by atoms with Crippen molar-refractivity contribution in [1.82, 2.24) is 5.32 Å². The summed E-state index contributed by atoms with van der Waals surface area (Å²) in [6, 6.07) is 21.7. The SMILES string of the molecule is O=C(NCc1cccc2ccccc12)c1cccc(Br)c1. The maximum Gasteiger partial charge on any atom is 0.251 e. The van der Waals surface area contributed by atoms with E-state index >= 15 is 0 Å². The first-order chi connectivity index (χ1) is 10.2. The summed E-state index contributed by atoms with van der Waals surface area (Å²) in [5.41, 5.74) is 1.78. The van der Waals surface area contributed by atoms with Crippen LogP contribution in [0.15, 0.2) is 71.2 Å². The topological polar surface area (TPSA) is 29.1 Å². The first-order valence-corrected chi connectivity index (χ1v) is 7.54. The van der Waals surface area contributed by atoms with Gasteiger partial charge in [-0.25, -0.2) is 0 Å². The number of hydrogen-bond donors (Lipinski definition) is 1. The molecule has 0 aliphatic rings. The number of carbonyl (C=O) groups is 1. The van der Waals surface area contributed by atoms with Gasteiger partial charge in [0.15, 0.2) is 0 Å². The van der Waals surface area contributed by atoms with Gasteiger partial charge >= 0.3 is 0 Å². The summed E-state index contributed by atoms with van der Waals surface area (Å²) in [6.45, 7) is 0.521. The van der Waals surface area contributed by atoms with Crippen LogP contribution in [0.2, 0.25) is 0 Å². The van der Waals surface area contributed by atoms with Gasteiger partial charge in [-0.05, 0) is 34.5 Å². The number of nitrogens with one attached hydrogen (secondary N) is 1. The molecule has 1 amide bonds. The third-order valence-electron chi connectivity index (χ3n) is 3.41. The number of halogens is 1. The van der Waals surface area contributed by atoms with Gasteiger partial charge in [0.05, 0.1) is 0 Å². The van der Waals surface area contributed by atoms with Crippen LogP contribution >= 0.6 is 15.9 Å². The van der Waals surface area contributed by atoms with Crippen molar-refractivity contribution in [3.05, 3.63) is 82.3 Å². The van der Waals surface area contributed by atoms with Crippen molar-refractivity contribution >= 4 is 32.6 Å². The van der Waals surface area contributed by atoms with E-state index in [4.69, 9.17) is 0 Å². The molecule has 0 fully saturated rings. The van der Waals surface area contributed by atoms with Crippen LogP contribution in [0, 0.1) is 0 Å². The van der Waals surface area contributed by atoms with Gasteiger partial charge in [0.1, 0.15) is 0 Å². The fourth-order valence-electron chi connectivity index (χ4n) is 2.35.